The van der Waals surface area contributed by atoms with Gasteiger partial charge in [-0.1, -0.05) is 47.6 Å². The van der Waals surface area contributed by atoms with E-state index in [1.807, 2.05) is 42.5 Å². The van der Waals surface area contributed by atoms with Crippen molar-refractivity contribution >= 4 is 11.6 Å². The maximum absolute atomic E-state index is 5.33. The highest BCUT2D eigenvalue weighted by Crippen LogP contribution is 2.32. The second kappa shape index (κ2) is 5.57. The number of aromatic nitrogens is 4. The third kappa shape index (κ3) is 2.44. The van der Waals surface area contributed by atoms with E-state index >= 15 is 0 Å². The molecule has 3 aromatic rings. The number of allylic oxidation sites excluding steroid dienone is 1. The fourth-order valence-corrected chi connectivity index (χ4v) is 2.70. The number of hydrogen-bond acceptors (Lipinski definition) is 5. The molecule has 1 aromatic heterocycles. The minimum absolute atomic E-state index is 0.0912. The van der Waals surface area contributed by atoms with E-state index in [1.165, 1.54) is 0 Å². The number of anilines is 1. The molecule has 0 amide bonds. The van der Waals surface area contributed by atoms with Gasteiger partial charge in [-0.25, -0.2) is 0 Å². The molecule has 1 aliphatic rings. The molecule has 1 N–H and O–H groups in total. The molecule has 6 nitrogen and oxygen atoms in total. The minimum atomic E-state index is -0.0912. The van der Waals surface area contributed by atoms with Crippen LogP contribution >= 0.6 is 0 Å². The Morgan fingerprint density at radius 2 is 1.96 bits per heavy atom. The average molecular weight is 305 g/mol. The predicted octanol–water partition coefficient (Wildman–Crippen LogP) is 2.74. The van der Waals surface area contributed by atoms with Crippen LogP contribution in [0.25, 0.3) is 5.70 Å². The summed E-state index contributed by atoms with van der Waals surface area (Å²) < 4.78 is 7.09. The summed E-state index contributed by atoms with van der Waals surface area (Å²) >= 11 is 0. The Morgan fingerprint density at radius 3 is 2.78 bits per heavy atom. The maximum Gasteiger partial charge on any atom is 0.248 e. The van der Waals surface area contributed by atoms with Crippen molar-refractivity contribution in [2.75, 3.05) is 12.4 Å². The first-order chi connectivity index (χ1) is 11.3. The van der Waals surface area contributed by atoms with Crippen molar-refractivity contribution in [3.8, 4) is 5.75 Å². The molecule has 0 spiro atoms. The lowest BCUT2D eigenvalue weighted by Gasteiger charge is -2.23. The van der Waals surface area contributed by atoms with Crippen LogP contribution in [0.15, 0.2) is 60.7 Å². The monoisotopic (exact) mass is 305 g/mol. The number of nitrogens with zero attached hydrogens (tertiary/aromatic N) is 4. The molecular weight excluding hydrogens is 290 g/mol. The molecule has 0 aliphatic carbocycles. The quantitative estimate of drug-likeness (QED) is 0.806. The molecule has 0 fully saturated rings. The fourth-order valence-electron chi connectivity index (χ4n) is 2.70. The Hall–Kier alpha value is -3.15. The van der Waals surface area contributed by atoms with Gasteiger partial charge in [0.2, 0.25) is 5.95 Å². The normalized spacial score (nSPS) is 16.2. The smallest absolute Gasteiger partial charge is 0.248 e. The van der Waals surface area contributed by atoms with Gasteiger partial charge < -0.3 is 10.1 Å². The lowest BCUT2D eigenvalue weighted by molar-refractivity contribution is 0.413. The lowest BCUT2D eigenvalue weighted by Crippen LogP contribution is -2.20. The van der Waals surface area contributed by atoms with Crippen LogP contribution in [0.5, 0.6) is 5.75 Å². The SMILES string of the molecule is COc1cccc([C@H]2C=C(c3ccccc3)Nc3nnnn32)c1. The summed E-state index contributed by atoms with van der Waals surface area (Å²) in [7, 11) is 1.66. The van der Waals surface area contributed by atoms with Crippen LogP contribution < -0.4 is 10.1 Å². The van der Waals surface area contributed by atoms with Crippen LogP contribution in [0.2, 0.25) is 0 Å². The summed E-state index contributed by atoms with van der Waals surface area (Å²) in [6, 6.07) is 18.0. The highest BCUT2D eigenvalue weighted by Gasteiger charge is 2.24. The van der Waals surface area contributed by atoms with Crippen molar-refractivity contribution in [1.82, 2.24) is 20.2 Å². The van der Waals surface area contributed by atoms with Gasteiger partial charge in [-0.3, -0.25) is 0 Å². The molecule has 0 radical (unpaired) electrons. The van der Waals surface area contributed by atoms with Gasteiger partial charge in [-0.05, 0) is 39.8 Å². The highest BCUT2D eigenvalue weighted by molar-refractivity contribution is 5.76. The van der Waals surface area contributed by atoms with Crippen molar-refractivity contribution in [2.24, 2.45) is 0 Å². The Labute approximate surface area is 133 Å². The van der Waals surface area contributed by atoms with Gasteiger partial charge in [0.1, 0.15) is 11.8 Å². The van der Waals surface area contributed by atoms with E-state index < -0.39 is 0 Å². The molecule has 0 saturated heterocycles. The van der Waals surface area contributed by atoms with Gasteiger partial charge in [-0.15, -0.1) is 0 Å². The van der Waals surface area contributed by atoms with Crippen LogP contribution in [0, 0.1) is 0 Å². The van der Waals surface area contributed by atoms with E-state index in [0.717, 1.165) is 22.6 Å². The molecule has 2 aromatic carbocycles. The van der Waals surface area contributed by atoms with Crippen LogP contribution in [0.3, 0.4) is 0 Å². The summed E-state index contributed by atoms with van der Waals surface area (Å²) in [5.41, 5.74) is 3.14. The molecular formula is C17H15N5O. The van der Waals surface area contributed by atoms with Gasteiger partial charge in [0.05, 0.1) is 7.11 Å². The molecule has 0 unspecified atom stereocenters. The van der Waals surface area contributed by atoms with E-state index in [-0.39, 0.29) is 6.04 Å². The van der Waals surface area contributed by atoms with E-state index in [4.69, 9.17) is 4.74 Å². The summed E-state index contributed by atoms with van der Waals surface area (Å²) in [6.45, 7) is 0. The molecule has 1 atom stereocenters. The minimum Gasteiger partial charge on any atom is -0.497 e. The fraction of sp³-hybridized carbons (Fsp3) is 0.118. The number of methoxy groups -OCH3 is 1. The van der Waals surface area contributed by atoms with Crippen molar-refractivity contribution in [3.05, 3.63) is 71.8 Å². The number of benzene rings is 2. The molecule has 0 saturated carbocycles. The van der Waals surface area contributed by atoms with Gasteiger partial charge in [0.25, 0.3) is 0 Å². The average Bonchev–Trinajstić information content (AvgIpc) is 3.10. The lowest BCUT2D eigenvalue weighted by atomic mass is 10.0. The second-order valence-electron chi connectivity index (χ2n) is 5.24. The van der Waals surface area contributed by atoms with Gasteiger partial charge >= 0.3 is 0 Å². The number of rotatable bonds is 3. The molecule has 0 bridgehead atoms. The topological polar surface area (TPSA) is 64.9 Å². The van der Waals surface area contributed by atoms with Gasteiger partial charge in [0, 0.05) is 5.70 Å². The molecule has 23 heavy (non-hydrogen) atoms. The first-order valence-corrected chi connectivity index (χ1v) is 7.31. The molecule has 6 heteroatoms. The maximum atomic E-state index is 5.33. The molecule has 1 aliphatic heterocycles. The van der Waals surface area contributed by atoms with Crippen molar-refractivity contribution in [2.45, 2.75) is 6.04 Å². The third-order valence-corrected chi connectivity index (χ3v) is 3.85. The molecule has 114 valence electrons. The largest absolute Gasteiger partial charge is 0.497 e. The highest BCUT2D eigenvalue weighted by atomic mass is 16.5. The van der Waals surface area contributed by atoms with Crippen molar-refractivity contribution < 1.29 is 4.74 Å². The van der Waals surface area contributed by atoms with Crippen LogP contribution in [0.4, 0.5) is 5.95 Å². The van der Waals surface area contributed by atoms with E-state index in [1.54, 1.807) is 11.8 Å². The number of fused-ring (bicyclic) bond motifs is 1. The first kappa shape index (κ1) is 13.5. The second-order valence-corrected chi connectivity index (χ2v) is 5.24. The first-order valence-electron chi connectivity index (χ1n) is 7.31. The zero-order valence-electron chi connectivity index (χ0n) is 12.5. The van der Waals surface area contributed by atoms with Crippen molar-refractivity contribution in [3.63, 3.8) is 0 Å². The molecule has 4 rings (SSSR count). The van der Waals surface area contributed by atoms with E-state index in [9.17, 15) is 0 Å². The summed E-state index contributed by atoms with van der Waals surface area (Å²) in [5.74, 6) is 1.43. The predicted molar refractivity (Wildman–Crippen MR) is 87.0 cm³/mol. The van der Waals surface area contributed by atoms with Gasteiger partial charge in [-0.2, -0.15) is 4.68 Å². The van der Waals surface area contributed by atoms with Crippen LogP contribution in [-0.2, 0) is 0 Å². The number of ether oxygens (including phenoxy) is 1. The van der Waals surface area contributed by atoms with Gasteiger partial charge in [0.15, 0.2) is 0 Å². The number of tetrazole rings is 1. The van der Waals surface area contributed by atoms with Crippen LogP contribution in [-0.4, -0.2) is 27.3 Å². The third-order valence-electron chi connectivity index (χ3n) is 3.85. The zero-order chi connectivity index (χ0) is 15.6. The number of hydrogen-bond donors (Lipinski definition) is 1. The molecule has 2 heterocycles. The number of nitrogens with one attached hydrogen (secondary N) is 1. The summed E-state index contributed by atoms with van der Waals surface area (Å²) in [6.07, 6.45) is 2.12. The Kier molecular flexibility index (Phi) is 3.27. The zero-order valence-corrected chi connectivity index (χ0v) is 12.5. The standard InChI is InChI=1S/C17H15N5O/c1-23-14-9-5-8-13(10-14)16-11-15(12-6-3-2-4-7-12)18-17-19-20-21-22(16)17/h2-11,16H,1H3,(H,18,19,21)/t16-/m1/s1. The Morgan fingerprint density at radius 1 is 1.09 bits per heavy atom. The summed E-state index contributed by atoms with van der Waals surface area (Å²) in [4.78, 5) is 0. The van der Waals surface area contributed by atoms with E-state index in [2.05, 4.69) is 39.1 Å². The van der Waals surface area contributed by atoms with Crippen molar-refractivity contribution in [1.29, 1.82) is 0 Å². The van der Waals surface area contributed by atoms with E-state index in [0.29, 0.717) is 5.95 Å². The van der Waals surface area contributed by atoms with Crippen LogP contribution in [0.1, 0.15) is 17.2 Å². The Balaban J connectivity index is 1.82. The Bertz CT molecular complexity index is 856. The summed E-state index contributed by atoms with van der Waals surface area (Å²) in [5, 5.41) is 15.2.